The molecular weight excluding hydrogens is 172 g/mol. The van der Waals surface area contributed by atoms with Crippen LogP contribution in [0.2, 0.25) is 0 Å². The smallest absolute Gasteiger partial charge is 0.347 e. The molecule has 0 aromatic heterocycles. The van der Waals surface area contributed by atoms with Gasteiger partial charge in [0.1, 0.15) is 0 Å². The van der Waals surface area contributed by atoms with Gasteiger partial charge >= 0.3 is 11.9 Å². The monoisotopic (exact) mass is 184 g/mol. The Labute approximate surface area is 76.5 Å². The molecule has 1 saturated heterocycles. The lowest BCUT2D eigenvalue weighted by Crippen LogP contribution is -2.26. The van der Waals surface area contributed by atoms with Crippen molar-refractivity contribution in [1.29, 1.82) is 0 Å². The van der Waals surface area contributed by atoms with Crippen LogP contribution < -0.4 is 0 Å². The van der Waals surface area contributed by atoms with Crippen molar-refractivity contribution >= 4 is 11.9 Å². The summed E-state index contributed by atoms with van der Waals surface area (Å²) in [7, 11) is 0. The summed E-state index contributed by atoms with van der Waals surface area (Å²) < 4.78 is 9.59. The molecule has 1 aliphatic rings. The zero-order chi connectivity index (χ0) is 9.84. The van der Waals surface area contributed by atoms with Crippen molar-refractivity contribution in [3.63, 3.8) is 0 Å². The average Bonchev–Trinajstić information content (AvgIpc) is 2.36. The predicted molar refractivity (Wildman–Crippen MR) is 44.8 cm³/mol. The molecule has 4 heteroatoms. The van der Waals surface area contributed by atoms with Gasteiger partial charge in [0.15, 0.2) is 0 Å². The number of carbonyl (C=O) groups excluding carboxylic acids is 2. The van der Waals surface area contributed by atoms with E-state index in [-0.39, 0.29) is 5.92 Å². The zero-order valence-electron chi connectivity index (χ0n) is 7.65. The Morgan fingerprint density at radius 1 is 1.69 bits per heavy atom. The molecule has 1 heterocycles. The molecule has 1 aliphatic heterocycles. The average molecular weight is 184 g/mol. The molecule has 0 spiro atoms. The van der Waals surface area contributed by atoms with Crippen LogP contribution in [-0.4, -0.2) is 24.6 Å². The number of ether oxygens (including phenoxy) is 2. The quantitative estimate of drug-likeness (QED) is 0.467. The second kappa shape index (κ2) is 4.07. The third-order valence-corrected chi connectivity index (χ3v) is 1.78. The Morgan fingerprint density at radius 2 is 2.38 bits per heavy atom. The number of allylic oxidation sites excluding steroid dienone is 1. The molecule has 0 aromatic rings. The highest BCUT2D eigenvalue weighted by Gasteiger charge is 2.36. The van der Waals surface area contributed by atoms with Gasteiger partial charge in [-0.25, -0.2) is 9.59 Å². The third kappa shape index (κ3) is 2.31. The molecule has 4 nitrogen and oxygen atoms in total. The van der Waals surface area contributed by atoms with E-state index in [4.69, 9.17) is 9.47 Å². The van der Waals surface area contributed by atoms with Crippen molar-refractivity contribution in [2.45, 2.75) is 20.0 Å². The van der Waals surface area contributed by atoms with Crippen molar-refractivity contribution in [3.8, 4) is 0 Å². The number of carbonyl (C=O) groups is 2. The fraction of sp³-hybridized carbons (Fsp3) is 0.556. The maximum absolute atomic E-state index is 11.0. The molecule has 1 fully saturated rings. The number of rotatable bonds is 2. The van der Waals surface area contributed by atoms with Gasteiger partial charge in [-0.05, 0) is 6.92 Å². The summed E-state index contributed by atoms with van der Waals surface area (Å²) in [6.07, 6.45) is 2.11. The van der Waals surface area contributed by atoms with Gasteiger partial charge in [0.05, 0.1) is 6.61 Å². The highest BCUT2D eigenvalue weighted by molar-refractivity contribution is 5.86. The zero-order valence-corrected chi connectivity index (χ0v) is 7.65. The Kier molecular flexibility index (Phi) is 3.06. The standard InChI is InChI=1S/C9H12O4/c1-3-4-7(10)13-8-6(2)5-12-9(8)11/h3-4,6,8H,5H2,1-2H3/t6?,8-/m1/s1. The normalized spacial score (nSPS) is 27.7. The molecule has 0 amide bonds. The molecule has 1 unspecified atom stereocenters. The van der Waals surface area contributed by atoms with Crippen molar-refractivity contribution in [3.05, 3.63) is 12.2 Å². The van der Waals surface area contributed by atoms with Crippen LogP contribution in [0, 0.1) is 5.92 Å². The summed E-state index contributed by atoms with van der Waals surface area (Å²) in [4.78, 5) is 22.0. The van der Waals surface area contributed by atoms with Crippen LogP contribution in [0.3, 0.4) is 0 Å². The summed E-state index contributed by atoms with van der Waals surface area (Å²) in [5, 5.41) is 0. The summed E-state index contributed by atoms with van der Waals surface area (Å²) in [6, 6.07) is 0. The Bertz CT molecular complexity index is 244. The Balaban J connectivity index is 2.52. The van der Waals surface area contributed by atoms with Crippen molar-refractivity contribution in [2.75, 3.05) is 6.61 Å². The van der Waals surface area contributed by atoms with E-state index in [1.807, 2.05) is 0 Å². The molecule has 0 saturated carbocycles. The molecule has 1 rings (SSSR count). The minimum Gasteiger partial charge on any atom is -0.462 e. The number of hydrogen-bond donors (Lipinski definition) is 0. The van der Waals surface area contributed by atoms with Crippen LogP contribution in [-0.2, 0) is 19.1 Å². The van der Waals surface area contributed by atoms with Gasteiger partial charge in [0.2, 0.25) is 6.10 Å². The lowest BCUT2D eigenvalue weighted by Gasteiger charge is -2.09. The summed E-state index contributed by atoms with van der Waals surface area (Å²) >= 11 is 0. The molecule has 0 radical (unpaired) electrons. The maximum Gasteiger partial charge on any atom is 0.347 e. The molecule has 0 bridgehead atoms. The van der Waals surface area contributed by atoms with Crippen molar-refractivity contribution in [2.24, 2.45) is 5.92 Å². The third-order valence-electron chi connectivity index (χ3n) is 1.78. The Morgan fingerprint density at radius 3 is 2.85 bits per heavy atom. The van der Waals surface area contributed by atoms with Crippen molar-refractivity contribution in [1.82, 2.24) is 0 Å². The molecule has 72 valence electrons. The van der Waals surface area contributed by atoms with Crippen LogP contribution in [0.4, 0.5) is 0 Å². The molecule has 2 atom stereocenters. The second-order valence-corrected chi connectivity index (χ2v) is 2.96. The van der Waals surface area contributed by atoms with Crippen LogP contribution >= 0.6 is 0 Å². The van der Waals surface area contributed by atoms with E-state index >= 15 is 0 Å². The Hall–Kier alpha value is -1.32. The molecule has 13 heavy (non-hydrogen) atoms. The van der Waals surface area contributed by atoms with Gasteiger partial charge in [0.25, 0.3) is 0 Å². The fourth-order valence-electron chi connectivity index (χ4n) is 1.08. The van der Waals surface area contributed by atoms with Crippen LogP contribution in [0.5, 0.6) is 0 Å². The van der Waals surface area contributed by atoms with Crippen LogP contribution in [0.15, 0.2) is 12.2 Å². The van der Waals surface area contributed by atoms with E-state index in [0.29, 0.717) is 6.61 Å². The van der Waals surface area contributed by atoms with Crippen LogP contribution in [0.1, 0.15) is 13.8 Å². The fourth-order valence-corrected chi connectivity index (χ4v) is 1.08. The topological polar surface area (TPSA) is 52.6 Å². The van der Waals surface area contributed by atoms with E-state index in [2.05, 4.69) is 0 Å². The number of hydrogen-bond acceptors (Lipinski definition) is 4. The molecule has 0 aliphatic carbocycles. The van der Waals surface area contributed by atoms with Gasteiger partial charge in [-0.15, -0.1) is 0 Å². The van der Waals surface area contributed by atoms with Crippen molar-refractivity contribution < 1.29 is 19.1 Å². The second-order valence-electron chi connectivity index (χ2n) is 2.96. The minimum atomic E-state index is -0.733. The van der Waals surface area contributed by atoms with E-state index in [1.54, 1.807) is 19.9 Å². The highest BCUT2D eigenvalue weighted by Crippen LogP contribution is 2.17. The van der Waals surface area contributed by atoms with E-state index in [9.17, 15) is 9.59 Å². The van der Waals surface area contributed by atoms with E-state index in [0.717, 1.165) is 0 Å². The largest absolute Gasteiger partial charge is 0.462 e. The van der Waals surface area contributed by atoms with Gasteiger partial charge in [-0.1, -0.05) is 13.0 Å². The van der Waals surface area contributed by atoms with Gasteiger partial charge in [-0.3, -0.25) is 0 Å². The number of cyclic esters (lactones) is 1. The first-order valence-corrected chi connectivity index (χ1v) is 4.15. The molecule has 0 aromatic carbocycles. The molecule has 0 N–H and O–H groups in total. The lowest BCUT2D eigenvalue weighted by molar-refractivity contribution is -0.157. The van der Waals surface area contributed by atoms with Gasteiger partial charge in [0, 0.05) is 12.0 Å². The van der Waals surface area contributed by atoms with E-state index in [1.165, 1.54) is 6.08 Å². The summed E-state index contributed by atoms with van der Waals surface area (Å²) in [5.41, 5.74) is 0. The van der Waals surface area contributed by atoms with Gasteiger partial charge < -0.3 is 9.47 Å². The SMILES string of the molecule is CC=CC(=O)O[C@H]1C(=O)OCC1C. The molecular formula is C9H12O4. The van der Waals surface area contributed by atoms with Gasteiger partial charge in [-0.2, -0.15) is 0 Å². The number of esters is 2. The first-order valence-electron chi connectivity index (χ1n) is 4.15. The van der Waals surface area contributed by atoms with E-state index < -0.39 is 18.0 Å². The lowest BCUT2D eigenvalue weighted by atomic mass is 10.1. The highest BCUT2D eigenvalue weighted by atomic mass is 16.6. The minimum absolute atomic E-state index is 0.0540. The summed E-state index contributed by atoms with van der Waals surface area (Å²) in [5.74, 6) is -1.01. The first kappa shape index (κ1) is 9.77. The first-order chi connectivity index (χ1) is 6.15. The summed E-state index contributed by atoms with van der Waals surface area (Å²) in [6.45, 7) is 3.84. The van der Waals surface area contributed by atoms with Crippen LogP contribution in [0.25, 0.3) is 0 Å². The maximum atomic E-state index is 11.0. The predicted octanol–water partition coefficient (Wildman–Crippen LogP) is 0.667.